The van der Waals surface area contributed by atoms with Crippen molar-refractivity contribution < 1.29 is 19.0 Å². The number of hydrogen-bond donors (Lipinski definition) is 0. The van der Waals surface area contributed by atoms with Crippen LogP contribution in [-0.4, -0.2) is 30.0 Å². The van der Waals surface area contributed by atoms with E-state index in [9.17, 15) is 9.59 Å². The normalized spacial score (nSPS) is 10.4. The van der Waals surface area contributed by atoms with Gasteiger partial charge in [-0.15, -0.1) is 0 Å². The van der Waals surface area contributed by atoms with E-state index in [4.69, 9.17) is 14.2 Å². The van der Waals surface area contributed by atoms with Gasteiger partial charge < -0.3 is 14.2 Å². The molecule has 0 bridgehead atoms. The predicted octanol–water partition coefficient (Wildman–Crippen LogP) is 2.67. The Bertz CT molecular complexity index is 1010. The maximum atomic E-state index is 12.1. The number of benzene rings is 2. The van der Waals surface area contributed by atoms with Gasteiger partial charge in [-0.25, -0.2) is 4.68 Å². The van der Waals surface area contributed by atoms with Crippen molar-refractivity contribution in [1.29, 1.82) is 0 Å². The van der Waals surface area contributed by atoms with E-state index in [0.717, 1.165) is 10.2 Å². The fourth-order valence-corrected chi connectivity index (χ4v) is 2.63. The minimum atomic E-state index is -0.548. The van der Waals surface area contributed by atoms with Gasteiger partial charge in [-0.3, -0.25) is 9.59 Å². The van der Waals surface area contributed by atoms with Crippen LogP contribution in [0.3, 0.4) is 0 Å². The number of methoxy groups -OCH3 is 2. The molecule has 0 amide bonds. The maximum Gasteiger partial charge on any atom is 0.328 e. The van der Waals surface area contributed by atoms with Crippen LogP contribution in [0.25, 0.3) is 11.3 Å². The second-order valence-electron chi connectivity index (χ2n) is 5.93. The summed E-state index contributed by atoms with van der Waals surface area (Å²) in [6, 6.07) is 17.5. The number of carbonyl (C=O) groups is 1. The number of rotatable bonds is 7. The zero-order valence-corrected chi connectivity index (χ0v) is 15.6. The van der Waals surface area contributed by atoms with Crippen molar-refractivity contribution >= 4 is 5.97 Å². The van der Waals surface area contributed by atoms with E-state index in [1.807, 2.05) is 30.3 Å². The Labute approximate surface area is 162 Å². The highest BCUT2D eigenvalue weighted by molar-refractivity contribution is 5.70. The van der Waals surface area contributed by atoms with Crippen molar-refractivity contribution in [1.82, 2.24) is 9.78 Å². The first-order chi connectivity index (χ1) is 13.6. The van der Waals surface area contributed by atoms with Crippen LogP contribution >= 0.6 is 0 Å². The van der Waals surface area contributed by atoms with Gasteiger partial charge in [0.15, 0.2) is 0 Å². The molecule has 1 heterocycles. The quantitative estimate of drug-likeness (QED) is 0.587. The lowest BCUT2D eigenvalue weighted by Gasteiger charge is -2.11. The zero-order valence-electron chi connectivity index (χ0n) is 15.6. The molecule has 0 aliphatic rings. The van der Waals surface area contributed by atoms with Crippen LogP contribution in [0.5, 0.6) is 11.5 Å². The van der Waals surface area contributed by atoms with Crippen molar-refractivity contribution in [3.63, 3.8) is 0 Å². The molecule has 1 aromatic heterocycles. The SMILES string of the molecule is COc1ccc(OC)c(-c2ccc(=O)n(CC(=O)OCc3ccccc3)n2)c1. The first-order valence-electron chi connectivity index (χ1n) is 8.61. The Morgan fingerprint density at radius 1 is 1.00 bits per heavy atom. The monoisotopic (exact) mass is 380 g/mol. The molecule has 0 unspecified atom stereocenters. The van der Waals surface area contributed by atoms with Gasteiger partial charge >= 0.3 is 5.97 Å². The number of ether oxygens (including phenoxy) is 3. The van der Waals surface area contributed by atoms with E-state index in [1.165, 1.54) is 6.07 Å². The number of esters is 1. The molecule has 28 heavy (non-hydrogen) atoms. The average Bonchev–Trinajstić information content (AvgIpc) is 2.74. The summed E-state index contributed by atoms with van der Waals surface area (Å²) in [4.78, 5) is 24.3. The lowest BCUT2D eigenvalue weighted by molar-refractivity contribution is -0.146. The molecule has 3 aromatic rings. The molecule has 0 N–H and O–H groups in total. The molecule has 0 saturated heterocycles. The highest BCUT2D eigenvalue weighted by atomic mass is 16.5. The summed E-state index contributed by atoms with van der Waals surface area (Å²) in [5.41, 5.74) is 1.59. The number of hydrogen-bond acceptors (Lipinski definition) is 6. The van der Waals surface area contributed by atoms with Gasteiger partial charge in [0.2, 0.25) is 0 Å². The van der Waals surface area contributed by atoms with Crippen molar-refractivity contribution in [2.75, 3.05) is 14.2 Å². The summed E-state index contributed by atoms with van der Waals surface area (Å²) < 4.78 is 16.9. The molecule has 0 aliphatic heterocycles. The number of carbonyl (C=O) groups excluding carboxylic acids is 1. The molecular weight excluding hydrogens is 360 g/mol. The van der Waals surface area contributed by atoms with Crippen molar-refractivity contribution in [2.45, 2.75) is 13.2 Å². The summed E-state index contributed by atoms with van der Waals surface area (Å²) in [7, 11) is 3.10. The van der Waals surface area contributed by atoms with Gasteiger partial charge in [-0.1, -0.05) is 30.3 Å². The maximum absolute atomic E-state index is 12.1. The van der Waals surface area contributed by atoms with Crippen LogP contribution in [0.2, 0.25) is 0 Å². The van der Waals surface area contributed by atoms with Gasteiger partial charge in [0.1, 0.15) is 24.7 Å². The predicted molar refractivity (Wildman–Crippen MR) is 103 cm³/mol. The molecule has 0 aliphatic carbocycles. The van der Waals surface area contributed by atoms with Gasteiger partial charge in [-0.05, 0) is 29.8 Å². The molecule has 7 nitrogen and oxygen atoms in total. The fourth-order valence-electron chi connectivity index (χ4n) is 2.63. The van der Waals surface area contributed by atoms with Crippen LogP contribution in [0.1, 0.15) is 5.56 Å². The Morgan fingerprint density at radius 3 is 2.50 bits per heavy atom. The third kappa shape index (κ3) is 4.56. The fraction of sp³-hybridized carbons (Fsp3) is 0.190. The van der Waals surface area contributed by atoms with E-state index in [2.05, 4.69) is 5.10 Å². The van der Waals surface area contributed by atoms with E-state index >= 15 is 0 Å². The number of aromatic nitrogens is 2. The van der Waals surface area contributed by atoms with Crippen molar-refractivity contribution in [3.05, 3.63) is 76.6 Å². The average molecular weight is 380 g/mol. The van der Waals surface area contributed by atoms with Gasteiger partial charge in [-0.2, -0.15) is 5.10 Å². The Hall–Kier alpha value is -3.61. The minimum Gasteiger partial charge on any atom is -0.497 e. The second kappa shape index (κ2) is 8.85. The van der Waals surface area contributed by atoms with E-state index in [0.29, 0.717) is 22.8 Å². The molecule has 7 heteroatoms. The molecule has 2 aromatic carbocycles. The molecule has 0 spiro atoms. The second-order valence-corrected chi connectivity index (χ2v) is 5.93. The standard InChI is InChI=1S/C21H20N2O5/c1-26-16-8-10-19(27-2)17(12-16)18-9-11-20(24)23(22-18)13-21(25)28-14-15-6-4-3-5-7-15/h3-12H,13-14H2,1-2H3. The van der Waals surface area contributed by atoms with E-state index in [-0.39, 0.29) is 13.2 Å². The van der Waals surface area contributed by atoms with Crippen LogP contribution < -0.4 is 15.0 Å². The van der Waals surface area contributed by atoms with Crippen molar-refractivity contribution in [3.8, 4) is 22.8 Å². The topological polar surface area (TPSA) is 79.7 Å². The summed E-state index contributed by atoms with van der Waals surface area (Å²) in [6.07, 6.45) is 0. The van der Waals surface area contributed by atoms with Gasteiger partial charge in [0.25, 0.3) is 5.56 Å². The van der Waals surface area contributed by atoms with Gasteiger partial charge in [0.05, 0.1) is 19.9 Å². The third-order valence-corrected chi connectivity index (χ3v) is 4.07. The summed E-state index contributed by atoms with van der Waals surface area (Å²) in [5, 5.41) is 4.29. The van der Waals surface area contributed by atoms with Crippen LogP contribution in [0, 0.1) is 0 Å². The van der Waals surface area contributed by atoms with Crippen LogP contribution in [0.15, 0.2) is 65.5 Å². The Morgan fingerprint density at radius 2 is 1.79 bits per heavy atom. The van der Waals surface area contributed by atoms with Gasteiger partial charge in [0, 0.05) is 11.6 Å². The molecule has 144 valence electrons. The van der Waals surface area contributed by atoms with Crippen molar-refractivity contribution in [2.24, 2.45) is 0 Å². The lowest BCUT2D eigenvalue weighted by Crippen LogP contribution is -2.27. The Balaban J connectivity index is 1.80. The Kier molecular flexibility index (Phi) is 6.06. The summed E-state index contributed by atoms with van der Waals surface area (Å²) in [6.45, 7) is -0.149. The molecule has 0 saturated carbocycles. The number of nitrogens with zero attached hydrogens (tertiary/aromatic N) is 2. The third-order valence-electron chi connectivity index (χ3n) is 4.07. The smallest absolute Gasteiger partial charge is 0.328 e. The highest BCUT2D eigenvalue weighted by Crippen LogP contribution is 2.31. The first kappa shape index (κ1) is 19.2. The van der Waals surface area contributed by atoms with E-state index < -0.39 is 11.5 Å². The lowest BCUT2D eigenvalue weighted by atomic mass is 10.1. The highest BCUT2D eigenvalue weighted by Gasteiger charge is 2.13. The first-order valence-corrected chi connectivity index (χ1v) is 8.61. The molecular formula is C21H20N2O5. The molecule has 0 radical (unpaired) electrons. The van der Waals surface area contributed by atoms with E-state index in [1.54, 1.807) is 38.5 Å². The van der Waals surface area contributed by atoms with Crippen LogP contribution in [-0.2, 0) is 22.7 Å². The molecule has 0 fully saturated rings. The largest absolute Gasteiger partial charge is 0.497 e. The summed E-state index contributed by atoms with van der Waals surface area (Å²) >= 11 is 0. The summed E-state index contributed by atoms with van der Waals surface area (Å²) in [5.74, 6) is 0.649. The van der Waals surface area contributed by atoms with Crippen LogP contribution in [0.4, 0.5) is 0 Å². The molecule has 0 atom stereocenters. The minimum absolute atomic E-state index is 0.137. The molecule has 3 rings (SSSR count). The zero-order chi connectivity index (χ0) is 19.9.